The number of nitrogens with one attached hydrogen (secondary N) is 1. The Morgan fingerprint density at radius 1 is 1.19 bits per heavy atom. The van der Waals surface area contributed by atoms with Crippen LogP contribution in [0, 0.1) is 0 Å². The fraction of sp³-hybridized carbons (Fsp3) is 0.591. The summed E-state index contributed by atoms with van der Waals surface area (Å²) in [5.41, 5.74) is 2.10. The number of benzene rings is 1. The first-order valence-corrected chi connectivity index (χ1v) is 12.1. The lowest BCUT2D eigenvalue weighted by Gasteiger charge is -2.28. The van der Waals surface area contributed by atoms with Crippen LogP contribution in [0.15, 0.2) is 29.4 Å². The van der Waals surface area contributed by atoms with Gasteiger partial charge in [0.1, 0.15) is 0 Å². The molecule has 9 heteroatoms. The molecule has 1 atom stereocenters. The van der Waals surface area contributed by atoms with Gasteiger partial charge in [0.25, 0.3) is 0 Å². The zero-order chi connectivity index (χ0) is 21.5. The first kappa shape index (κ1) is 22.1. The Kier molecular flexibility index (Phi) is 7.82. The zero-order valence-corrected chi connectivity index (χ0v) is 18.9. The minimum atomic E-state index is -0.0483. The lowest BCUT2D eigenvalue weighted by molar-refractivity contribution is -0.113. The first-order valence-electron chi connectivity index (χ1n) is 11.1. The summed E-state index contributed by atoms with van der Waals surface area (Å²) in [6.45, 7) is 6.65. The van der Waals surface area contributed by atoms with Crippen molar-refractivity contribution in [2.75, 3.05) is 48.9 Å². The second-order valence-electron chi connectivity index (χ2n) is 7.91. The Bertz CT molecular complexity index is 845. The van der Waals surface area contributed by atoms with Crippen molar-refractivity contribution in [2.24, 2.45) is 0 Å². The summed E-state index contributed by atoms with van der Waals surface area (Å²) in [7, 11) is 0. The highest BCUT2D eigenvalue weighted by Gasteiger charge is 2.25. The molecule has 168 valence electrons. The molecule has 0 radical (unpaired) electrons. The van der Waals surface area contributed by atoms with Crippen molar-refractivity contribution in [2.45, 2.75) is 50.4 Å². The summed E-state index contributed by atoms with van der Waals surface area (Å²) in [5, 5.41) is 12.6. The van der Waals surface area contributed by atoms with E-state index >= 15 is 0 Å². The number of carbonyl (C=O) groups excluding carboxylic acids is 1. The average Bonchev–Trinajstić information content (AvgIpc) is 3.45. The zero-order valence-electron chi connectivity index (χ0n) is 18.1. The Morgan fingerprint density at radius 3 is 2.71 bits per heavy atom. The summed E-state index contributed by atoms with van der Waals surface area (Å²) >= 11 is 1.42. The van der Waals surface area contributed by atoms with Gasteiger partial charge in [-0.05, 0) is 37.0 Å². The topological polar surface area (TPSA) is 81.5 Å². The maximum atomic E-state index is 12.5. The van der Waals surface area contributed by atoms with E-state index in [4.69, 9.17) is 9.47 Å². The van der Waals surface area contributed by atoms with Crippen molar-refractivity contribution in [3.63, 3.8) is 0 Å². The minimum absolute atomic E-state index is 0.0483. The van der Waals surface area contributed by atoms with E-state index in [0.29, 0.717) is 19.8 Å². The van der Waals surface area contributed by atoms with E-state index in [-0.39, 0.29) is 17.8 Å². The predicted octanol–water partition coefficient (Wildman–Crippen LogP) is 2.98. The molecule has 2 saturated heterocycles. The number of amides is 1. The predicted molar refractivity (Wildman–Crippen MR) is 122 cm³/mol. The molecule has 2 aliphatic heterocycles. The minimum Gasteiger partial charge on any atom is -0.378 e. The molecule has 1 N–H and O–H groups in total. The number of aromatic nitrogens is 3. The summed E-state index contributed by atoms with van der Waals surface area (Å²) in [6, 6.07) is 8.06. The van der Waals surface area contributed by atoms with E-state index in [9.17, 15) is 4.79 Å². The molecule has 1 unspecified atom stereocenters. The summed E-state index contributed by atoms with van der Waals surface area (Å²) in [5.74, 6) is 1.07. The van der Waals surface area contributed by atoms with Crippen LogP contribution in [0.3, 0.4) is 0 Å². The molecule has 0 spiro atoms. The van der Waals surface area contributed by atoms with Gasteiger partial charge in [-0.3, -0.25) is 9.36 Å². The van der Waals surface area contributed by atoms with Gasteiger partial charge < -0.3 is 19.7 Å². The van der Waals surface area contributed by atoms with Crippen LogP contribution in [0.25, 0.3) is 0 Å². The van der Waals surface area contributed by atoms with Crippen LogP contribution in [-0.2, 0) is 27.2 Å². The van der Waals surface area contributed by atoms with Gasteiger partial charge in [-0.1, -0.05) is 37.2 Å². The fourth-order valence-corrected chi connectivity index (χ4v) is 4.65. The van der Waals surface area contributed by atoms with Crippen LogP contribution in [-0.4, -0.2) is 65.4 Å². The number of rotatable bonds is 9. The lowest BCUT2D eigenvalue weighted by Crippen LogP contribution is -2.38. The largest absolute Gasteiger partial charge is 0.378 e. The molecule has 1 aromatic heterocycles. The van der Waals surface area contributed by atoms with Gasteiger partial charge in [0.15, 0.2) is 5.16 Å². The third-order valence-electron chi connectivity index (χ3n) is 5.51. The molecule has 2 aromatic rings. The van der Waals surface area contributed by atoms with Crippen molar-refractivity contribution in [1.82, 2.24) is 14.8 Å². The SMILES string of the molecule is CCCc1ccc(NC(=O)CSc2nnc(N3CCOCC3)n2CC2CCCO2)cc1. The van der Waals surface area contributed by atoms with Crippen molar-refractivity contribution in [3.05, 3.63) is 29.8 Å². The normalized spacial score (nSPS) is 19.0. The highest BCUT2D eigenvalue weighted by atomic mass is 32.2. The molecule has 3 heterocycles. The number of carbonyl (C=O) groups is 1. The monoisotopic (exact) mass is 445 g/mol. The van der Waals surface area contributed by atoms with Crippen molar-refractivity contribution in [3.8, 4) is 0 Å². The van der Waals surface area contributed by atoms with Crippen LogP contribution in [0.1, 0.15) is 31.7 Å². The number of anilines is 2. The van der Waals surface area contributed by atoms with Crippen LogP contribution in [0.5, 0.6) is 0 Å². The molecule has 8 nitrogen and oxygen atoms in total. The number of ether oxygens (including phenoxy) is 2. The molecular formula is C22H31N5O3S. The average molecular weight is 446 g/mol. The molecule has 4 rings (SSSR count). The Balaban J connectivity index is 1.39. The van der Waals surface area contributed by atoms with Crippen LogP contribution >= 0.6 is 11.8 Å². The smallest absolute Gasteiger partial charge is 0.234 e. The molecule has 31 heavy (non-hydrogen) atoms. The van der Waals surface area contributed by atoms with Crippen molar-refractivity contribution >= 4 is 29.3 Å². The van der Waals surface area contributed by atoms with Gasteiger partial charge >= 0.3 is 0 Å². The summed E-state index contributed by atoms with van der Waals surface area (Å²) < 4.78 is 13.4. The Morgan fingerprint density at radius 2 is 2.00 bits per heavy atom. The van der Waals surface area contributed by atoms with Crippen LogP contribution in [0.4, 0.5) is 11.6 Å². The second kappa shape index (κ2) is 11.0. The van der Waals surface area contributed by atoms with Crippen molar-refractivity contribution < 1.29 is 14.3 Å². The molecule has 2 aliphatic rings. The van der Waals surface area contributed by atoms with Gasteiger partial charge in [-0.2, -0.15) is 0 Å². The van der Waals surface area contributed by atoms with Crippen molar-refractivity contribution in [1.29, 1.82) is 0 Å². The number of hydrogen-bond donors (Lipinski definition) is 1. The molecule has 0 bridgehead atoms. The molecular weight excluding hydrogens is 414 g/mol. The van der Waals surface area contributed by atoms with Gasteiger partial charge in [0.2, 0.25) is 11.9 Å². The summed E-state index contributed by atoms with van der Waals surface area (Å²) in [4.78, 5) is 14.7. The first-order chi connectivity index (χ1) is 15.2. The van der Waals surface area contributed by atoms with E-state index in [2.05, 4.69) is 44.0 Å². The van der Waals surface area contributed by atoms with Gasteiger partial charge in [0.05, 0.1) is 31.6 Å². The van der Waals surface area contributed by atoms with Gasteiger partial charge in [0, 0.05) is 25.4 Å². The van der Waals surface area contributed by atoms with Gasteiger partial charge in [-0.15, -0.1) is 10.2 Å². The number of nitrogens with zero attached hydrogens (tertiary/aromatic N) is 4. The van der Waals surface area contributed by atoms with Crippen LogP contribution in [0.2, 0.25) is 0 Å². The van der Waals surface area contributed by atoms with Gasteiger partial charge in [-0.25, -0.2) is 0 Å². The maximum absolute atomic E-state index is 12.5. The summed E-state index contributed by atoms with van der Waals surface area (Å²) in [6.07, 6.45) is 4.46. The lowest BCUT2D eigenvalue weighted by atomic mass is 10.1. The second-order valence-corrected chi connectivity index (χ2v) is 8.85. The number of aryl methyl sites for hydroxylation is 1. The van der Waals surface area contributed by atoms with E-state index < -0.39 is 0 Å². The highest BCUT2D eigenvalue weighted by molar-refractivity contribution is 7.99. The van der Waals surface area contributed by atoms with E-state index in [1.165, 1.54) is 17.3 Å². The molecule has 2 fully saturated rings. The van der Waals surface area contributed by atoms with E-state index in [0.717, 1.165) is 62.2 Å². The maximum Gasteiger partial charge on any atom is 0.234 e. The van der Waals surface area contributed by atoms with Crippen LogP contribution < -0.4 is 10.2 Å². The third-order valence-corrected chi connectivity index (χ3v) is 6.48. The number of hydrogen-bond acceptors (Lipinski definition) is 7. The quantitative estimate of drug-likeness (QED) is 0.594. The highest BCUT2D eigenvalue weighted by Crippen LogP contribution is 2.26. The Labute approximate surface area is 187 Å². The number of morpholine rings is 1. The molecule has 0 aliphatic carbocycles. The van der Waals surface area contributed by atoms with E-state index in [1.807, 2.05) is 12.1 Å². The number of thioether (sulfide) groups is 1. The molecule has 1 aromatic carbocycles. The van der Waals surface area contributed by atoms with E-state index in [1.54, 1.807) is 0 Å². The third kappa shape index (κ3) is 5.99. The molecule has 1 amide bonds. The fourth-order valence-electron chi connectivity index (χ4n) is 3.91. The molecule has 0 saturated carbocycles. The standard InChI is InChI=1S/C22H31N5O3S/c1-2-4-17-6-8-18(9-7-17)23-20(28)16-31-22-25-24-21(26-10-13-29-14-11-26)27(22)15-19-5-3-12-30-19/h6-9,19H,2-5,10-16H2,1H3,(H,23,28). The Hall–Kier alpha value is -2.10.